The van der Waals surface area contributed by atoms with Crippen molar-refractivity contribution in [2.24, 2.45) is 0 Å². The molecule has 0 aliphatic carbocycles. The Balaban J connectivity index is 2.22. The van der Waals surface area contributed by atoms with Gasteiger partial charge >= 0.3 is 5.97 Å². The maximum Gasteiger partial charge on any atom is 0.339 e. The summed E-state index contributed by atoms with van der Waals surface area (Å²) in [7, 11) is 1.35. The van der Waals surface area contributed by atoms with Gasteiger partial charge in [0.25, 0.3) is 0 Å². The lowest BCUT2D eigenvalue weighted by molar-refractivity contribution is 0.0602. The highest BCUT2D eigenvalue weighted by atomic mass is 32.1. The molecular formula is C13H13NO2S. The van der Waals surface area contributed by atoms with Gasteiger partial charge < -0.3 is 10.5 Å². The molecule has 2 aromatic rings. The molecule has 0 aliphatic rings. The maximum atomic E-state index is 11.4. The number of ether oxygens (including phenoxy) is 1. The molecule has 0 amide bonds. The average Bonchev–Trinajstić information content (AvgIpc) is 2.81. The van der Waals surface area contributed by atoms with Crippen LogP contribution in [0.5, 0.6) is 0 Å². The molecule has 0 aliphatic heterocycles. The first kappa shape index (κ1) is 11.7. The second-order valence-corrected chi connectivity index (χ2v) is 4.70. The topological polar surface area (TPSA) is 52.3 Å². The fourth-order valence-corrected chi connectivity index (χ4v) is 2.37. The fourth-order valence-electron chi connectivity index (χ4n) is 1.63. The minimum absolute atomic E-state index is 0.398. The molecule has 0 unspecified atom stereocenters. The van der Waals surface area contributed by atoms with Crippen molar-refractivity contribution in [1.29, 1.82) is 0 Å². The molecule has 0 bridgehead atoms. The zero-order chi connectivity index (χ0) is 12.3. The lowest BCUT2D eigenvalue weighted by Crippen LogP contribution is -2.06. The molecule has 2 N–H and O–H groups in total. The molecule has 17 heavy (non-hydrogen) atoms. The minimum Gasteiger partial charge on any atom is -0.465 e. The molecule has 4 heteroatoms. The number of thiophene rings is 1. The second kappa shape index (κ2) is 5.01. The summed E-state index contributed by atoms with van der Waals surface area (Å²) in [4.78, 5) is 12.6. The van der Waals surface area contributed by atoms with Crippen LogP contribution in [0.15, 0.2) is 35.7 Å². The van der Waals surface area contributed by atoms with Crippen LogP contribution in [0, 0.1) is 0 Å². The number of carbonyl (C=O) groups is 1. The maximum absolute atomic E-state index is 11.4. The summed E-state index contributed by atoms with van der Waals surface area (Å²) in [6.45, 7) is 0. The Kier molecular flexibility index (Phi) is 3.44. The van der Waals surface area contributed by atoms with E-state index in [1.165, 1.54) is 12.0 Å². The highest BCUT2D eigenvalue weighted by molar-refractivity contribution is 7.09. The highest BCUT2D eigenvalue weighted by Gasteiger charge is 2.10. The van der Waals surface area contributed by atoms with Gasteiger partial charge in [-0.15, -0.1) is 11.3 Å². The van der Waals surface area contributed by atoms with Gasteiger partial charge in [0.2, 0.25) is 0 Å². The largest absolute Gasteiger partial charge is 0.465 e. The number of methoxy groups -OCH3 is 1. The van der Waals surface area contributed by atoms with E-state index in [9.17, 15) is 4.79 Å². The Morgan fingerprint density at radius 3 is 2.82 bits per heavy atom. The van der Waals surface area contributed by atoms with E-state index in [2.05, 4.69) is 10.8 Å². The molecule has 1 aromatic heterocycles. The lowest BCUT2D eigenvalue weighted by Gasteiger charge is -2.06. The standard InChI is InChI=1S/C13H13NO2S/c1-16-13(15)11-5-4-9(8-12(11)14)7-10-3-2-6-17-10/h2-6,8H,7,14H2,1H3. The summed E-state index contributed by atoms with van der Waals surface area (Å²) in [5.41, 5.74) is 7.81. The van der Waals surface area contributed by atoms with Gasteiger partial charge in [-0.05, 0) is 29.1 Å². The summed E-state index contributed by atoms with van der Waals surface area (Å²) >= 11 is 1.71. The molecule has 88 valence electrons. The number of nitrogen functional groups attached to an aromatic ring is 1. The number of hydrogen-bond donors (Lipinski definition) is 1. The number of rotatable bonds is 3. The zero-order valence-corrected chi connectivity index (χ0v) is 10.3. The van der Waals surface area contributed by atoms with Crippen molar-refractivity contribution in [3.63, 3.8) is 0 Å². The van der Waals surface area contributed by atoms with Crippen LogP contribution in [-0.4, -0.2) is 13.1 Å². The summed E-state index contributed by atoms with van der Waals surface area (Å²) in [5.74, 6) is -0.398. The van der Waals surface area contributed by atoms with E-state index in [0.29, 0.717) is 11.3 Å². The van der Waals surface area contributed by atoms with Gasteiger partial charge in [-0.25, -0.2) is 4.79 Å². The quantitative estimate of drug-likeness (QED) is 0.670. The third kappa shape index (κ3) is 2.65. The van der Waals surface area contributed by atoms with E-state index in [1.54, 1.807) is 17.4 Å². The van der Waals surface area contributed by atoms with E-state index in [-0.39, 0.29) is 0 Å². The predicted molar refractivity (Wildman–Crippen MR) is 69.3 cm³/mol. The second-order valence-electron chi connectivity index (χ2n) is 3.67. The van der Waals surface area contributed by atoms with Crippen molar-refractivity contribution in [3.8, 4) is 0 Å². The van der Waals surface area contributed by atoms with Crippen LogP contribution in [-0.2, 0) is 11.2 Å². The summed E-state index contributed by atoms with van der Waals surface area (Å²) in [6, 6.07) is 9.54. The highest BCUT2D eigenvalue weighted by Crippen LogP contribution is 2.19. The Bertz CT molecular complexity index is 520. The van der Waals surface area contributed by atoms with E-state index in [0.717, 1.165) is 12.0 Å². The first-order chi connectivity index (χ1) is 8.20. The van der Waals surface area contributed by atoms with Crippen LogP contribution in [0.2, 0.25) is 0 Å². The van der Waals surface area contributed by atoms with Gasteiger partial charge in [-0.2, -0.15) is 0 Å². The SMILES string of the molecule is COC(=O)c1ccc(Cc2cccs2)cc1N. The number of esters is 1. The van der Waals surface area contributed by atoms with Crippen molar-refractivity contribution < 1.29 is 9.53 Å². The van der Waals surface area contributed by atoms with Crippen LogP contribution in [0.1, 0.15) is 20.8 Å². The predicted octanol–water partition coefficient (Wildman–Crippen LogP) is 2.71. The van der Waals surface area contributed by atoms with Gasteiger partial charge in [-0.3, -0.25) is 0 Å². The number of benzene rings is 1. The van der Waals surface area contributed by atoms with Gasteiger partial charge in [0, 0.05) is 17.0 Å². The molecule has 1 aromatic carbocycles. The third-order valence-corrected chi connectivity index (χ3v) is 3.36. The first-order valence-corrected chi connectivity index (χ1v) is 6.08. The van der Waals surface area contributed by atoms with Crippen LogP contribution < -0.4 is 5.73 Å². The van der Waals surface area contributed by atoms with Crippen LogP contribution >= 0.6 is 11.3 Å². The van der Waals surface area contributed by atoms with Crippen molar-refractivity contribution in [3.05, 3.63) is 51.7 Å². The Hall–Kier alpha value is -1.81. The van der Waals surface area contributed by atoms with Crippen LogP contribution in [0.25, 0.3) is 0 Å². The minimum atomic E-state index is -0.398. The van der Waals surface area contributed by atoms with Crippen molar-refractivity contribution in [2.75, 3.05) is 12.8 Å². The number of carbonyl (C=O) groups excluding carboxylic acids is 1. The zero-order valence-electron chi connectivity index (χ0n) is 9.47. The number of anilines is 1. The smallest absolute Gasteiger partial charge is 0.339 e. The Morgan fingerprint density at radius 2 is 2.24 bits per heavy atom. The van der Waals surface area contributed by atoms with E-state index < -0.39 is 5.97 Å². The van der Waals surface area contributed by atoms with Crippen molar-refractivity contribution in [1.82, 2.24) is 0 Å². The molecular weight excluding hydrogens is 234 g/mol. The fraction of sp³-hybridized carbons (Fsp3) is 0.154. The van der Waals surface area contributed by atoms with E-state index in [1.807, 2.05) is 23.6 Å². The third-order valence-electron chi connectivity index (χ3n) is 2.48. The van der Waals surface area contributed by atoms with Crippen molar-refractivity contribution in [2.45, 2.75) is 6.42 Å². The van der Waals surface area contributed by atoms with E-state index in [4.69, 9.17) is 5.73 Å². The monoisotopic (exact) mass is 247 g/mol. The van der Waals surface area contributed by atoms with Crippen molar-refractivity contribution >= 4 is 23.0 Å². The van der Waals surface area contributed by atoms with Crippen LogP contribution in [0.4, 0.5) is 5.69 Å². The summed E-state index contributed by atoms with van der Waals surface area (Å²) in [5, 5.41) is 2.04. The Labute approximate surface area is 104 Å². The number of hydrogen-bond acceptors (Lipinski definition) is 4. The lowest BCUT2D eigenvalue weighted by atomic mass is 10.1. The molecule has 0 fully saturated rings. The molecule has 1 heterocycles. The molecule has 2 rings (SSSR count). The summed E-state index contributed by atoms with van der Waals surface area (Å²) < 4.78 is 4.65. The molecule has 0 spiro atoms. The first-order valence-electron chi connectivity index (χ1n) is 5.20. The van der Waals surface area contributed by atoms with Gasteiger partial charge in [-0.1, -0.05) is 12.1 Å². The molecule has 0 atom stereocenters. The normalized spacial score (nSPS) is 10.2. The average molecular weight is 247 g/mol. The molecule has 0 radical (unpaired) electrons. The van der Waals surface area contributed by atoms with Gasteiger partial charge in [0.15, 0.2) is 0 Å². The molecule has 3 nitrogen and oxygen atoms in total. The van der Waals surface area contributed by atoms with E-state index >= 15 is 0 Å². The van der Waals surface area contributed by atoms with Crippen LogP contribution in [0.3, 0.4) is 0 Å². The molecule has 0 saturated heterocycles. The van der Waals surface area contributed by atoms with Gasteiger partial charge in [0.05, 0.1) is 12.7 Å². The Morgan fingerprint density at radius 1 is 1.41 bits per heavy atom. The summed E-state index contributed by atoms with van der Waals surface area (Å²) in [6.07, 6.45) is 0.837. The number of nitrogens with two attached hydrogens (primary N) is 1. The molecule has 0 saturated carbocycles. The van der Waals surface area contributed by atoms with Gasteiger partial charge in [0.1, 0.15) is 0 Å².